The van der Waals surface area contributed by atoms with Crippen LogP contribution < -0.4 is 14.8 Å². The standard InChI is InChI=1S/C31H40BrF3N4O2/c1-21(23-10-9-11-25(32)18-23)36-30-26-19-28(40-3)29(20-27(26)37-22(2)38-30)41-17-8-6-4-5-7-14-39-15-12-24(13-16-39)31(33,34)35/h9-11,18-21,24H,4-8,12-17H2,1-3H3,(H,36,37,38). The molecule has 3 aromatic rings. The van der Waals surface area contributed by atoms with Gasteiger partial charge < -0.3 is 19.7 Å². The summed E-state index contributed by atoms with van der Waals surface area (Å²) in [7, 11) is 1.63. The van der Waals surface area contributed by atoms with E-state index in [2.05, 4.69) is 55.2 Å². The molecule has 0 saturated carbocycles. The fraction of sp³-hybridized carbons (Fsp3) is 0.548. The maximum atomic E-state index is 12.8. The summed E-state index contributed by atoms with van der Waals surface area (Å²) >= 11 is 3.54. The number of nitrogens with one attached hydrogen (secondary N) is 1. The van der Waals surface area contributed by atoms with E-state index in [1.807, 2.05) is 31.2 Å². The van der Waals surface area contributed by atoms with Crippen LogP contribution in [0.15, 0.2) is 40.9 Å². The first-order valence-corrected chi connectivity index (χ1v) is 15.2. The second kappa shape index (κ2) is 14.5. The summed E-state index contributed by atoms with van der Waals surface area (Å²) < 4.78 is 51.3. The molecule has 0 spiro atoms. The second-order valence-electron chi connectivity index (χ2n) is 10.8. The Kier molecular flexibility index (Phi) is 11.1. The van der Waals surface area contributed by atoms with Crippen LogP contribution in [0, 0.1) is 12.8 Å². The number of hydrogen-bond acceptors (Lipinski definition) is 6. The molecule has 0 aliphatic carbocycles. The van der Waals surface area contributed by atoms with Crippen molar-refractivity contribution in [2.75, 3.05) is 38.7 Å². The van der Waals surface area contributed by atoms with Crippen molar-refractivity contribution in [3.05, 3.63) is 52.3 Å². The lowest BCUT2D eigenvalue weighted by Crippen LogP contribution is -2.39. The lowest BCUT2D eigenvalue weighted by Gasteiger charge is -2.32. The molecule has 6 nitrogen and oxygen atoms in total. The van der Waals surface area contributed by atoms with Gasteiger partial charge in [0.2, 0.25) is 0 Å². The third-order valence-electron chi connectivity index (χ3n) is 7.72. The van der Waals surface area contributed by atoms with Gasteiger partial charge in [0.15, 0.2) is 11.5 Å². The van der Waals surface area contributed by atoms with Gasteiger partial charge in [0.1, 0.15) is 11.6 Å². The molecule has 1 N–H and O–H groups in total. The largest absolute Gasteiger partial charge is 0.493 e. The van der Waals surface area contributed by atoms with Crippen LogP contribution in [-0.2, 0) is 0 Å². The summed E-state index contributed by atoms with van der Waals surface area (Å²) in [5, 5.41) is 4.39. The maximum Gasteiger partial charge on any atom is 0.391 e. The molecule has 1 fully saturated rings. The van der Waals surface area contributed by atoms with Crippen LogP contribution in [0.25, 0.3) is 10.9 Å². The number of rotatable bonds is 13. The van der Waals surface area contributed by atoms with Crippen LogP contribution in [0.5, 0.6) is 11.5 Å². The number of unbranched alkanes of at least 4 members (excludes halogenated alkanes) is 4. The lowest BCUT2D eigenvalue weighted by atomic mass is 9.96. The van der Waals surface area contributed by atoms with Crippen molar-refractivity contribution in [3.63, 3.8) is 0 Å². The number of alkyl halides is 3. The first-order valence-electron chi connectivity index (χ1n) is 14.4. The number of hydrogen-bond donors (Lipinski definition) is 1. The number of aryl methyl sites for hydroxylation is 1. The minimum Gasteiger partial charge on any atom is -0.493 e. The van der Waals surface area contributed by atoms with Crippen LogP contribution in [0.4, 0.5) is 19.0 Å². The number of piperidine rings is 1. The summed E-state index contributed by atoms with van der Waals surface area (Å²) in [6, 6.07) is 12.1. The van der Waals surface area contributed by atoms with Crippen molar-refractivity contribution < 1.29 is 22.6 Å². The summed E-state index contributed by atoms with van der Waals surface area (Å²) in [6.45, 7) is 6.54. The van der Waals surface area contributed by atoms with E-state index in [1.165, 1.54) is 0 Å². The van der Waals surface area contributed by atoms with Gasteiger partial charge in [-0.25, -0.2) is 9.97 Å². The minimum absolute atomic E-state index is 0.0357. The summed E-state index contributed by atoms with van der Waals surface area (Å²) in [4.78, 5) is 11.5. The molecule has 1 aliphatic heterocycles. The molecule has 0 bridgehead atoms. The molecule has 0 amide bonds. The number of aromatic nitrogens is 2. The monoisotopic (exact) mass is 636 g/mol. The molecule has 1 aliphatic rings. The Hall–Kier alpha value is -2.59. The molecule has 1 atom stereocenters. The first kappa shape index (κ1) is 31.3. The van der Waals surface area contributed by atoms with E-state index in [9.17, 15) is 13.2 Å². The fourth-order valence-corrected chi connectivity index (χ4v) is 5.75. The predicted molar refractivity (Wildman–Crippen MR) is 161 cm³/mol. The van der Waals surface area contributed by atoms with Crippen molar-refractivity contribution in [1.82, 2.24) is 14.9 Å². The van der Waals surface area contributed by atoms with Gasteiger partial charge in [-0.2, -0.15) is 13.2 Å². The van der Waals surface area contributed by atoms with E-state index in [1.54, 1.807) is 7.11 Å². The third-order valence-corrected chi connectivity index (χ3v) is 8.21. The number of methoxy groups -OCH3 is 1. The Morgan fingerprint density at radius 1 is 1.02 bits per heavy atom. The lowest BCUT2D eigenvalue weighted by molar-refractivity contribution is -0.185. The van der Waals surface area contributed by atoms with Crippen molar-refractivity contribution in [2.24, 2.45) is 5.92 Å². The van der Waals surface area contributed by atoms with Crippen LogP contribution >= 0.6 is 15.9 Å². The molecule has 1 saturated heterocycles. The average molecular weight is 638 g/mol. The average Bonchev–Trinajstić information content (AvgIpc) is 2.93. The Bertz CT molecular complexity index is 1280. The first-order chi connectivity index (χ1) is 19.6. The second-order valence-corrected chi connectivity index (χ2v) is 11.8. The smallest absolute Gasteiger partial charge is 0.391 e. The van der Waals surface area contributed by atoms with E-state index in [0.717, 1.165) is 65.4 Å². The van der Waals surface area contributed by atoms with Gasteiger partial charge in [0.25, 0.3) is 0 Å². The number of anilines is 1. The van der Waals surface area contributed by atoms with Gasteiger partial charge in [0, 0.05) is 15.9 Å². The SMILES string of the molecule is COc1cc2c(NC(C)c3cccc(Br)c3)nc(C)nc2cc1OCCCCCCCN1CCC(C(F)(F)F)CC1. The van der Waals surface area contributed by atoms with Crippen molar-refractivity contribution in [1.29, 1.82) is 0 Å². The molecular formula is C31H40BrF3N4O2. The molecule has 1 unspecified atom stereocenters. The van der Waals surface area contributed by atoms with Gasteiger partial charge in [-0.1, -0.05) is 47.3 Å². The number of likely N-dealkylation sites (tertiary alicyclic amines) is 1. The normalized spacial score (nSPS) is 15.7. The van der Waals surface area contributed by atoms with Crippen LogP contribution in [-0.4, -0.2) is 54.4 Å². The minimum atomic E-state index is -4.04. The number of nitrogens with zero attached hydrogens (tertiary/aromatic N) is 3. The number of ether oxygens (including phenoxy) is 2. The van der Waals surface area contributed by atoms with Gasteiger partial charge in [-0.3, -0.25) is 0 Å². The van der Waals surface area contributed by atoms with Gasteiger partial charge in [0.05, 0.1) is 31.2 Å². The highest BCUT2D eigenvalue weighted by molar-refractivity contribution is 9.10. The third kappa shape index (κ3) is 8.95. The number of halogens is 4. The number of benzene rings is 2. The van der Waals surface area contributed by atoms with Crippen molar-refractivity contribution in [2.45, 2.75) is 71.0 Å². The van der Waals surface area contributed by atoms with Crippen LogP contribution in [0.2, 0.25) is 0 Å². The molecule has 41 heavy (non-hydrogen) atoms. The molecule has 224 valence electrons. The van der Waals surface area contributed by atoms with Gasteiger partial charge in [-0.15, -0.1) is 0 Å². The highest BCUT2D eigenvalue weighted by atomic mass is 79.9. The molecule has 0 radical (unpaired) electrons. The molecule has 2 aromatic carbocycles. The van der Waals surface area contributed by atoms with E-state index >= 15 is 0 Å². The highest BCUT2D eigenvalue weighted by Gasteiger charge is 2.40. The molecule has 1 aromatic heterocycles. The number of fused-ring (bicyclic) bond motifs is 1. The van der Waals surface area contributed by atoms with Crippen molar-refractivity contribution >= 4 is 32.7 Å². The van der Waals surface area contributed by atoms with Crippen molar-refractivity contribution in [3.8, 4) is 11.5 Å². The predicted octanol–water partition coefficient (Wildman–Crippen LogP) is 8.49. The Morgan fingerprint density at radius 3 is 2.46 bits per heavy atom. The Morgan fingerprint density at radius 2 is 1.76 bits per heavy atom. The van der Waals surface area contributed by atoms with E-state index in [0.29, 0.717) is 37.0 Å². The van der Waals surface area contributed by atoms with Crippen LogP contribution in [0.1, 0.15) is 69.3 Å². The van der Waals surface area contributed by atoms with Crippen LogP contribution in [0.3, 0.4) is 0 Å². The summed E-state index contributed by atoms with van der Waals surface area (Å²) in [5.74, 6) is 1.59. The van der Waals surface area contributed by atoms with Gasteiger partial charge in [-0.05, 0) is 82.9 Å². The fourth-order valence-electron chi connectivity index (χ4n) is 5.33. The molecule has 2 heterocycles. The van der Waals surface area contributed by atoms with E-state index in [4.69, 9.17) is 9.47 Å². The highest BCUT2D eigenvalue weighted by Crippen LogP contribution is 2.36. The zero-order valence-electron chi connectivity index (χ0n) is 24.1. The van der Waals surface area contributed by atoms with E-state index in [-0.39, 0.29) is 18.9 Å². The zero-order chi connectivity index (χ0) is 29.4. The molecule has 4 rings (SSSR count). The summed E-state index contributed by atoms with van der Waals surface area (Å²) in [6.07, 6.45) is 1.54. The molecular weight excluding hydrogens is 597 g/mol. The summed E-state index contributed by atoms with van der Waals surface area (Å²) in [5.41, 5.74) is 1.93. The Balaban J connectivity index is 1.24. The molecule has 10 heteroatoms. The van der Waals surface area contributed by atoms with Gasteiger partial charge >= 0.3 is 6.18 Å². The quantitative estimate of drug-likeness (QED) is 0.190. The zero-order valence-corrected chi connectivity index (χ0v) is 25.7. The van der Waals surface area contributed by atoms with E-state index < -0.39 is 12.1 Å². The Labute approximate surface area is 249 Å². The maximum absolute atomic E-state index is 12.8. The topological polar surface area (TPSA) is 59.5 Å².